The van der Waals surface area contributed by atoms with Gasteiger partial charge in [-0.3, -0.25) is 0 Å². The lowest BCUT2D eigenvalue weighted by molar-refractivity contribution is 0.122. The van der Waals surface area contributed by atoms with Gasteiger partial charge in [0.1, 0.15) is 17.2 Å². The third-order valence-corrected chi connectivity index (χ3v) is 4.21. The molecule has 2 aromatic rings. The Bertz CT molecular complexity index is 579. The fourth-order valence-corrected chi connectivity index (χ4v) is 2.31. The van der Waals surface area contributed by atoms with Gasteiger partial charge in [0.15, 0.2) is 0 Å². The first-order valence-corrected chi connectivity index (χ1v) is 6.50. The Morgan fingerprint density at radius 1 is 1.37 bits per heavy atom. The number of hydrogen-bond acceptors (Lipinski definition) is 3. The number of furan rings is 1. The predicted molar refractivity (Wildman–Crippen MR) is 75.5 cm³/mol. The van der Waals surface area contributed by atoms with E-state index in [-0.39, 0.29) is 17.4 Å². The van der Waals surface area contributed by atoms with Gasteiger partial charge in [0.25, 0.3) is 0 Å². The van der Waals surface area contributed by atoms with Gasteiger partial charge in [0, 0.05) is 10.9 Å². The molecule has 104 valence electrons. The maximum atomic E-state index is 13.2. The molecule has 0 aliphatic heterocycles. The molecule has 0 aliphatic carbocycles. The summed E-state index contributed by atoms with van der Waals surface area (Å²) in [5.41, 5.74) is 6.83. The van der Waals surface area contributed by atoms with Crippen LogP contribution in [0.25, 0.3) is 11.0 Å². The van der Waals surface area contributed by atoms with E-state index in [9.17, 15) is 4.39 Å². The van der Waals surface area contributed by atoms with Crippen LogP contribution in [0.2, 0.25) is 0 Å². The Hall–Kier alpha value is -1.39. The zero-order valence-corrected chi connectivity index (χ0v) is 11.9. The molecule has 0 radical (unpaired) electrons. The van der Waals surface area contributed by atoms with E-state index in [1.54, 1.807) is 6.07 Å². The van der Waals surface area contributed by atoms with Crippen LogP contribution in [-0.2, 0) is 0 Å². The van der Waals surface area contributed by atoms with Crippen molar-refractivity contribution in [1.29, 1.82) is 0 Å². The summed E-state index contributed by atoms with van der Waals surface area (Å²) in [6.07, 6.45) is 0.895. The van der Waals surface area contributed by atoms with Crippen molar-refractivity contribution < 1.29 is 8.81 Å². The normalized spacial score (nSPS) is 16.8. The quantitative estimate of drug-likeness (QED) is 0.921. The van der Waals surface area contributed by atoms with Gasteiger partial charge in [-0.15, -0.1) is 0 Å². The summed E-state index contributed by atoms with van der Waals surface area (Å²) in [6.45, 7) is 4.20. The SMILES string of the molecule is CCC(C)(C(N)c1cc2cc(F)ccc2o1)N(C)C. The second-order valence-corrected chi connectivity index (χ2v) is 5.41. The molecule has 0 bridgehead atoms. The smallest absolute Gasteiger partial charge is 0.134 e. The highest BCUT2D eigenvalue weighted by Crippen LogP contribution is 2.33. The number of halogens is 1. The largest absolute Gasteiger partial charge is 0.459 e. The van der Waals surface area contributed by atoms with Gasteiger partial charge in [-0.1, -0.05) is 6.92 Å². The molecule has 2 rings (SSSR count). The summed E-state index contributed by atoms with van der Waals surface area (Å²) in [4.78, 5) is 2.10. The molecular weight excluding hydrogens is 243 g/mol. The van der Waals surface area contributed by atoms with Crippen LogP contribution in [-0.4, -0.2) is 24.5 Å². The highest BCUT2D eigenvalue weighted by Gasteiger charge is 2.35. The van der Waals surface area contributed by atoms with Gasteiger partial charge in [0.2, 0.25) is 0 Å². The second kappa shape index (κ2) is 4.94. The van der Waals surface area contributed by atoms with E-state index in [1.165, 1.54) is 12.1 Å². The van der Waals surface area contributed by atoms with Crippen molar-refractivity contribution >= 4 is 11.0 Å². The van der Waals surface area contributed by atoms with Crippen LogP contribution >= 0.6 is 0 Å². The van der Waals surface area contributed by atoms with Crippen molar-refractivity contribution in [3.8, 4) is 0 Å². The first kappa shape index (κ1) is 14.0. The van der Waals surface area contributed by atoms with E-state index in [0.29, 0.717) is 11.3 Å². The summed E-state index contributed by atoms with van der Waals surface area (Å²) in [5.74, 6) is 0.429. The van der Waals surface area contributed by atoms with Gasteiger partial charge < -0.3 is 15.1 Å². The van der Waals surface area contributed by atoms with E-state index in [4.69, 9.17) is 10.2 Å². The van der Waals surface area contributed by atoms with E-state index in [1.807, 2.05) is 20.2 Å². The lowest BCUT2D eigenvalue weighted by Crippen LogP contribution is -2.49. The van der Waals surface area contributed by atoms with Crippen molar-refractivity contribution in [1.82, 2.24) is 4.90 Å². The van der Waals surface area contributed by atoms with Gasteiger partial charge in [-0.05, 0) is 51.7 Å². The Balaban J connectivity index is 2.43. The third kappa shape index (κ3) is 2.38. The van der Waals surface area contributed by atoms with Crippen LogP contribution in [0.4, 0.5) is 4.39 Å². The van der Waals surface area contributed by atoms with Crippen molar-refractivity contribution in [2.45, 2.75) is 31.8 Å². The van der Waals surface area contributed by atoms with Crippen LogP contribution < -0.4 is 5.73 Å². The number of hydrogen-bond donors (Lipinski definition) is 1. The number of likely N-dealkylation sites (N-methyl/N-ethyl adjacent to an activating group) is 1. The Kier molecular flexibility index (Phi) is 3.65. The third-order valence-electron chi connectivity index (χ3n) is 4.21. The molecule has 0 spiro atoms. The maximum absolute atomic E-state index is 13.2. The second-order valence-electron chi connectivity index (χ2n) is 5.41. The fourth-order valence-electron chi connectivity index (χ4n) is 2.31. The number of nitrogens with two attached hydrogens (primary N) is 1. The molecule has 3 nitrogen and oxygen atoms in total. The van der Waals surface area contributed by atoms with E-state index < -0.39 is 0 Å². The fraction of sp³-hybridized carbons (Fsp3) is 0.467. The highest BCUT2D eigenvalue weighted by atomic mass is 19.1. The molecule has 4 heteroatoms. The first-order valence-electron chi connectivity index (χ1n) is 6.50. The summed E-state index contributed by atoms with van der Waals surface area (Å²) < 4.78 is 19.0. The average Bonchev–Trinajstić information content (AvgIpc) is 2.79. The summed E-state index contributed by atoms with van der Waals surface area (Å²) in [5, 5.41) is 0.752. The van der Waals surface area contributed by atoms with Crippen LogP contribution in [0, 0.1) is 5.82 Å². The highest BCUT2D eigenvalue weighted by molar-refractivity contribution is 5.78. The molecule has 0 aliphatic rings. The van der Waals surface area contributed by atoms with E-state index >= 15 is 0 Å². The summed E-state index contributed by atoms with van der Waals surface area (Å²) >= 11 is 0. The topological polar surface area (TPSA) is 42.4 Å². The molecule has 0 amide bonds. The zero-order chi connectivity index (χ0) is 14.2. The van der Waals surface area contributed by atoms with E-state index in [0.717, 1.165) is 11.8 Å². The molecule has 0 saturated heterocycles. The molecule has 2 N–H and O–H groups in total. The minimum Gasteiger partial charge on any atom is -0.459 e. The molecule has 19 heavy (non-hydrogen) atoms. The molecule has 1 aromatic heterocycles. The molecule has 0 fully saturated rings. The maximum Gasteiger partial charge on any atom is 0.134 e. The number of nitrogens with zero attached hydrogens (tertiary/aromatic N) is 1. The molecular formula is C15H21FN2O. The Morgan fingerprint density at radius 3 is 2.63 bits per heavy atom. The Morgan fingerprint density at radius 2 is 2.05 bits per heavy atom. The number of fused-ring (bicyclic) bond motifs is 1. The molecule has 2 unspecified atom stereocenters. The monoisotopic (exact) mass is 264 g/mol. The van der Waals surface area contributed by atoms with Crippen molar-refractivity contribution in [3.05, 3.63) is 35.8 Å². The van der Waals surface area contributed by atoms with Gasteiger partial charge >= 0.3 is 0 Å². The lowest BCUT2D eigenvalue weighted by atomic mass is 9.87. The molecule has 0 saturated carbocycles. The van der Waals surface area contributed by atoms with Crippen molar-refractivity contribution in [2.24, 2.45) is 5.73 Å². The van der Waals surface area contributed by atoms with Crippen LogP contribution in [0.1, 0.15) is 32.1 Å². The Labute approximate surface area is 113 Å². The summed E-state index contributed by atoms with van der Waals surface area (Å²) in [7, 11) is 4.01. The predicted octanol–water partition coefficient (Wildman–Crippen LogP) is 3.30. The van der Waals surface area contributed by atoms with Crippen LogP contribution in [0.3, 0.4) is 0 Å². The van der Waals surface area contributed by atoms with Crippen molar-refractivity contribution in [3.63, 3.8) is 0 Å². The number of benzene rings is 1. The molecule has 2 atom stereocenters. The standard InChI is InChI=1S/C15H21FN2O/c1-5-15(2,18(3)4)14(17)13-9-10-8-11(16)6-7-12(10)19-13/h6-9,14H,5,17H2,1-4H3. The molecule has 1 aromatic carbocycles. The number of rotatable bonds is 4. The van der Waals surface area contributed by atoms with Crippen LogP contribution in [0.15, 0.2) is 28.7 Å². The van der Waals surface area contributed by atoms with E-state index in [2.05, 4.69) is 18.7 Å². The van der Waals surface area contributed by atoms with Gasteiger partial charge in [0.05, 0.1) is 6.04 Å². The molecule has 1 heterocycles. The summed E-state index contributed by atoms with van der Waals surface area (Å²) in [6, 6.07) is 6.07. The minimum absolute atomic E-state index is 0.202. The lowest BCUT2D eigenvalue weighted by Gasteiger charge is -2.39. The van der Waals surface area contributed by atoms with Crippen molar-refractivity contribution in [2.75, 3.05) is 14.1 Å². The average molecular weight is 264 g/mol. The first-order chi connectivity index (χ1) is 8.88. The van der Waals surface area contributed by atoms with Crippen LogP contribution in [0.5, 0.6) is 0 Å². The zero-order valence-electron chi connectivity index (χ0n) is 11.9. The minimum atomic E-state index is -0.265. The van der Waals surface area contributed by atoms with Gasteiger partial charge in [-0.25, -0.2) is 4.39 Å². The van der Waals surface area contributed by atoms with Gasteiger partial charge in [-0.2, -0.15) is 0 Å².